The Hall–Kier alpha value is -2.13. The number of carbonyl (C=O) groups is 1. The molecule has 2 rings (SSSR count). The summed E-state index contributed by atoms with van der Waals surface area (Å²) in [4.78, 5) is 12.4. The van der Waals surface area contributed by atoms with E-state index >= 15 is 0 Å². The third kappa shape index (κ3) is 6.25. The van der Waals surface area contributed by atoms with Crippen LogP contribution < -0.4 is 5.32 Å². The molecule has 0 aliphatic heterocycles. The Morgan fingerprint density at radius 1 is 1.00 bits per heavy atom. The topological polar surface area (TPSA) is 38.3 Å². The van der Waals surface area contributed by atoms with Gasteiger partial charge in [0.05, 0.1) is 6.61 Å². The second-order valence-electron chi connectivity index (χ2n) is 5.63. The highest BCUT2D eigenvalue weighted by Gasteiger charge is 2.19. The Bertz CT molecular complexity index is 569. The largest absolute Gasteiger partial charge is 0.465 e. The summed E-state index contributed by atoms with van der Waals surface area (Å²) >= 11 is 0. The van der Waals surface area contributed by atoms with E-state index in [4.69, 9.17) is 4.74 Å². The first-order chi connectivity index (χ1) is 11.3. The second kappa shape index (κ2) is 9.80. The number of hydrogen-bond donors (Lipinski definition) is 1. The van der Waals surface area contributed by atoms with Gasteiger partial charge in [0.2, 0.25) is 0 Å². The summed E-state index contributed by atoms with van der Waals surface area (Å²) in [5.41, 5.74) is 2.29. The molecular formula is C20H25NO2. The molecule has 1 N–H and O–H groups in total. The molecule has 0 saturated carbocycles. The van der Waals surface area contributed by atoms with Crippen molar-refractivity contribution in [2.24, 2.45) is 0 Å². The second-order valence-corrected chi connectivity index (χ2v) is 5.63. The van der Waals surface area contributed by atoms with Gasteiger partial charge in [0.25, 0.3) is 0 Å². The van der Waals surface area contributed by atoms with Gasteiger partial charge in [-0.1, -0.05) is 74.0 Å². The van der Waals surface area contributed by atoms with Crippen molar-refractivity contribution in [3.8, 4) is 0 Å². The summed E-state index contributed by atoms with van der Waals surface area (Å²) in [5.74, 6) is -0.168. The van der Waals surface area contributed by atoms with Crippen LogP contribution in [0.2, 0.25) is 0 Å². The van der Waals surface area contributed by atoms with E-state index in [0.29, 0.717) is 19.6 Å². The van der Waals surface area contributed by atoms with Gasteiger partial charge in [0.15, 0.2) is 0 Å². The highest BCUT2D eigenvalue weighted by Crippen LogP contribution is 2.07. The molecule has 2 aromatic rings. The van der Waals surface area contributed by atoms with Gasteiger partial charge in [-0.25, -0.2) is 0 Å². The first-order valence-corrected chi connectivity index (χ1v) is 8.27. The zero-order chi connectivity index (χ0) is 16.3. The molecule has 1 unspecified atom stereocenters. The van der Waals surface area contributed by atoms with E-state index in [9.17, 15) is 4.79 Å². The van der Waals surface area contributed by atoms with E-state index in [0.717, 1.165) is 24.0 Å². The number of hydrogen-bond acceptors (Lipinski definition) is 3. The number of carbonyl (C=O) groups excluding carboxylic acids is 1. The molecule has 3 nitrogen and oxygen atoms in total. The average molecular weight is 311 g/mol. The van der Waals surface area contributed by atoms with Crippen molar-refractivity contribution < 1.29 is 9.53 Å². The van der Waals surface area contributed by atoms with Crippen LogP contribution in [0.5, 0.6) is 0 Å². The van der Waals surface area contributed by atoms with E-state index in [1.165, 1.54) is 0 Å². The zero-order valence-electron chi connectivity index (χ0n) is 13.7. The number of nitrogens with one attached hydrogen (secondary N) is 1. The first-order valence-electron chi connectivity index (χ1n) is 8.27. The maximum Gasteiger partial charge on any atom is 0.323 e. The van der Waals surface area contributed by atoms with Crippen molar-refractivity contribution in [1.82, 2.24) is 5.32 Å². The Kier molecular flexibility index (Phi) is 7.34. The van der Waals surface area contributed by atoms with E-state index in [-0.39, 0.29) is 12.0 Å². The molecule has 0 heterocycles. The van der Waals surface area contributed by atoms with Gasteiger partial charge in [-0.15, -0.1) is 0 Å². The third-order valence-electron chi connectivity index (χ3n) is 3.70. The fraction of sp³-hybridized carbons (Fsp3) is 0.350. The Morgan fingerprint density at radius 3 is 2.22 bits per heavy atom. The normalized spacial score (nSPS) is 11.9. The fourth-order valence-corrected chi connectivity index (χ4v) is 2.34. The minimum absolute atomic E-state index is 0.168. The van der Waals surface area contributed by atoms with Crippen LogP contribution in [0.3, 0.4) is 0 Å². The van der Waals surface area contributed by atoms with E-state index < -0.39 is 0 Å². The molecule has 0 amide bonds. The van der Waals surface area contributed by atoms with Gasteiger partial charge >= 0.3 is 5.97 Å². The Balaban J connectivity index is 1.96. The van der Waals surface area contributed by atoms with Gasteiger partial charge in [-0.05, 0) is 24.0 Å². The first kappa shape index (κ1) is 17.2. The summed E-state index contributed by atoms with van der Waals surface area (Å²) < 4.78 is 5.40. The molecule has 0 bridgehead atoms. The van der Waals surface area contributed by atoms with Crippen LogP contribution >= 0.6 is 0 Å². The zero-order valence-corrected chi connectivity index (χ0v) is 13.7. The standard InChI is InChI=1S/C20H25NO2/c1-2-3-14-23-20(22)19(15-17-10-6-4-7-11-17)21-16-18-12-8-5-9-13-18/h4-13,19,21H,2-3,14-16H2,1H3. The molecule has 122 valence electrons. The number of ether oxygens (including phenoxy) is 1. The summed E-state index contributed by atoms with van der Waals surface area (Å²) in [5, 5.41) is 3.34. The average Bonchev–Trinajstić information content (AvgIpc) is 2.60. The molecule has 0 aliphatic rings. The van der Waals surface area contributed by atoms with E-state index in [1.54, 1.807) is 0 Å². The summed E-state index contributed by atoms with van der Waals surface area (Å²) in [7, 11) is 0. The quantitative estimate of drug-likeness (QED) is 0.566. The third-order valence-corrected chi connectivity index (χ3v) is 3.70. The molecule has 0 saturated heterocycles. The molecule has 0 aliphatic carbocycles. The summed E-state index contributed by atoms with van der Waals surface area (Å²) in [6.45, 7) is 3.23. The maximum absolute atomic E-state index is 12.4. The molecule has 2 aromatic carbocycles. The lowest BCUT2D eigenvalue weighted by atomic mass is 10.1. The molecule has 0 aromatic heterocycles. The minimum Gasteiger partial charge on any atom is -0.465 e. The highest BCUT2D eigenvalue weighted by atomic mass is 16.5. The molecule has 0 radical (unpaired) electrons. The van der Waals surface area contributed by atoms with Crippen LogP contribution in [0, 0.1) is 0 Å². The molecule has 1 atom stereocenters. The molecule has 23 heavy (non-hydrogen) atoms. The van der Waals surface area contributed by atoms with Crippen molar-refractivity contribution in [1.29, 1.82) is 0 Å². The van der Waals surface area contributed by atoms with Crippen LogP contribution in [-0.2, 0) is 22.5 Å². The minimum atomic E-state index is -0.325. The highest BCUT2D eigenvalue weighted by molar-refractivity contribution is 5.76. The van der Waals surface area contributed by atoms with Crippen molar-refractivity contribution in [2.75, 3.05) is 6.61 Å². The molecule has 0 fully saturated rings. The van der Waals surface area contributed by atoms with Crippen molar-refractivity contribution >= 4 is 5.97 Å². The van der Waals surface area contributed by atoms with Gasteiger partial charge in [-0.2, -0.15) is 0 Å². The van der Waals surface area contributed by atoms with Crippen molar-refractivity contribution in [3.63, 3.8) is 0 Å². The van der Waals surface area contributed by atoms with Gasteiger partial charge in [-0.3, -0.25) is 4.79 Å². The van der Waals surface area contributed by atoms with Crippen LogP contribution in [0.1, 0.15) is 30.9 Å². The lowest BCUT2D eigenvalue weighted by molar-refractivity contribution is -0.146. The van der Waals surface area contributed by atoms with Crippen LogP contribution in [0.25, 0.3) is 0 Å². The lowest BCUT2D eigenvalue weighted by Gasteiger charge is -2.18. The van der Waals surface area contributed by atoms with Gasteiger partial charge < -0.3 is 10.1 Å². The SMILES string of the molecule is CCCCOC(=O)C(Cc1ccccc1)NCc1ccccc1. The molecular weight excluding hydrogens is 286 g/mol. The van der Waals surface area contributed by atoms with Crippen molar-refractivity contribution in [2.45, 2.75) is 38.8 Å². The van der Waals surface area contributed by atoms with Crippen LogP contribution in [0.15, 0.2) is 60.7 Å². The molecule has 3 heteroatoms. The number of esters is 1. The monoisotopic (exact) mass is 311 g/mol. The predicted octanol–water partition coefficient (Wildman–Crippen LogP) is 3.73. The fourth-order valence-electron chi connectivity index (χ4n) is 2.34. The maximum atomic E-state index is 12.4. The number of rotatable bonds is 9. The Morgan fingerprint density at radius 2 is 1.61 bits per heavy atom. The van der Waals surface area contributed by atoms with Gasteiger partial charge in [0, 0.05) is 6.54 Å². The predicted molar refractivity (Wildman–Crippen MR) is 93.1 cm³/mol. The summed E-state index contributed by atoms with van der Waals surface area (Å²) in [6, 6.07) is 19.8. The number of benzene rings is 2. The molecule has 0 spiro atoms. The summed E-state index contributed by atoms with van der Waals surface area (Å²) in [6.07, 6.45) is 2.56. The van der Waals surface area contributed by atoms with Crippen LogP contribution in [0.4, 0.5) is 0 Å². The van der Waals surface area contributed by atoms with Crippen molar-refractivity contribution in [3.05, 3.63) is 71.8 Å². The van der Waals surface area contributed by atoms with E-state index in [1.807, 2.05) is 48.5 Å². The van der Waals surface area contributed by atoms with Crippen LogP contribution in [-0.4, -0.2) is 18.6 Å². The van der Waals surface area contributed by atoms with E-state index in [2.05, 4.69) is 24.4 Å². The smallest absolute Gasteiger partial charge is 0.323 e. The number of unbranched alkanes of at least 4 members (excludes halogenated alkanes) is 1. The Labute approximate surface area is 138 Å². The van der Waals surface area contributed by atoms with Gasteiger partial charge in [0.1, 0.15) is 6.04 Å². The lowest BCUT2D eigenvalue weighted by Crippen LogP contribution is -2.39.